The summed E-state index contributed by atoms with van der Waals surface area (Å²) in [6, 6.07) is 14.5. The van der Waals surface area contributed by atoms with Crippen molar-refractivity contribution in [1.29, 1.82) is 0 Å². The van der Waals surface area contributed by atoms with Crippen LogP contribution < -0.4 is 0 Å². The predicted molar refractivity (Wildman–Crippen MR) is 80.8 cm³/mol. The molecule has 1 aromatic heterocycles. The van der Waals surface area contributed by atoms with Crippen LogP contribution in [0.4, 0.5) is 0 Å². The van der Waals surface area contributed by atoms with Gasteiger partial charge in [0.05, 0.1) is 6.10 Å². The van der Waals surface area contributed by atoms with E-state index in [4.69, 9.17) is 0 Å². The molecule has 0 fully saturated rings. The van der Waals surface area contributed by atoms with Crippen LogP contribution >= 0.6 is 0 Å². The average Bonchev–Trinajstić information content (AvgIpc) is 2.93. The molecule has 0 saturated heterocycles. The Morgan fingerprint density at radius 2 is 2.00 bits per heavy atom. The Hall–Kier alpha value is -1.67. The number of aliphatic hydroxyl groups excluding tert-OH is 1. The van der Waals surface area contributed by atoms with E-state index in [0.717, 1.165) is 25.0 Å². The van der Waals surface area contributed by atoms with Crippen LogP contribution in [-0.4, -0.2) is 16.2 Å². The van der Waals surface area contributed by atoms with Gasteiger partial charge in [0.25, 0.3) is 0 Å². The molecule has 20 heavy (non-hydrogen) atoms. The number of aliphatic hydroxyl groups is 1. The monoisotopic (exact) mass is 267 g/mol. The van der Waals surface area contributed by atoms with Crippen molar-refractivity contribution in [1.82, 2.24) is 4.98 Å². The van der Waals surface area contributed by atoms with E-state index >= 15 is 0 Å². The third kappa shape index (κ3) is 2.36. The summed E-state index contributed by atoms with van der Waals surface area (Å²) < 4.78 is 0. The predicted octanol–water partition coefficient (Wildman–Crippen LogP) is 3.67. The van der Waals surface area contributed by atoms with E-state index in [0.29, 0.717) is 0 Å². The molecule has 3 unspecified atom stereocenters. The first-order valence-electron chi connectivity index (χ1n) is 7.48. The average molecular weight is 267 g/mol. The lowest BCUT2D eigenvalue weighted by atomic mass is 9.83. The van der Waals surface area contributed by atoms with Crippen LogP contribution in [0.25, 0.3) is 0 Å². The summed E-state index contributed by atoms with van der Waals surface area (Å²) in [6.45, 7) is 2.15. The third-order valence-corrected chi connectivity index (χ3v) is 4.49. The SMILES string of the molecule is CCC(c1ccccc1)C(O)C1CCc2cccnc21. The van der Waals surface area contributed by atoms with Crippen molar-refractivity contribution < 1.29 is 5.11 Å². The summed E-state index contributed by atoms with van der Waals surface area (Å²) in [5, 5.41) is 10.9. The Morgan fingerprint density at radius 3 is 2.75 bits per heavy atom. The van der Waals surface area contributed by atoms with Crippen LogP contribution in [0.15, 0.2) is 48.7 Å². The molecule has 3 rings (SSSR count). The summed E-state index contributed by atoms with van der Waals surface area (Å²) in [6.07, 6.45) is 4.49. The lowest BCUT2D eigenvalue weighted by Crippen LogP contribution is -2.25. The fourth-order valence-electron chi connectivity index (χ4n) is 3.43. The molecule has 0 bridgehead atoms. The standard InChI is InChI=1S/C18H21NO/c1-2-15(13-7-4-3-5-8-13)18(20)16-11-10-14-9-6-12-19-17(14)16/h3-9,12,15-16,18,20H,2,10-11H2,1H3. The highest BCUT2D eigenvalue weighted by Crippen LogP contribution is 2.39. The number of aromatic nitrogens is 1. The lowest BCUT2D eigenvalue weighted by Gasteiger charge is -2.27. The van der Waals surface area contributed by atoms with Gasteiger partial charge < -0.3 is 5.11 Å². The molecule has 1 aromatic carbocycles. The fourth-order valence-corrected chi connectivity index (χ4v) is 3.43. The summed E-state index contributed by atoms with van der Waals surface area (Å²) in [5.41, 5.74) is 3.64. The van der Waals surface area contributed by atoms with Gasteiger partial charge >= 0.3 is 0 Å². The zero-order chi connectivity index (χ0) is 13.9. The maximum atomic E-state index is 10.9. The van der Waals surface area contributed by atoms with Crippen LogP contribution in [-0.2, 0) is 6.42 Å². The highest BCUT2D eigenvalue weighted by atomic mass is 16.3. The van der Waals surface area contributed by atoms with Crippen molar-refractivity contribution in [2.45, 2.75) is 44.1 Å². The number of hydrogen-bond donors (Lipinski definition) is 1. The van der Waals surface area contributed by atoms with Gasteiger partial charge in [0.1, 0.15) is 0 Å². The molecule has 0 aliphatic heterocycles. The van der Waals surface area contributed by atoms with Crippen molar-refractivity contribution in [3.05, 3.63) is 65.5 Å². The number of nitrogens with zero attached hydrogens (tertiary/aromatic N) is 1. The van der Waals surface area contributed by atoms with E-state index in [-0.39, 0.29) is 17.9 Å². The molecule has 1 aliphatic rings. The van der Waals surface area contributed by atoms with E-state index in [9.17, 15) is 5.11 Å². The number of benzene rings is 1. The molecule has 1 N–H and O–H groups in total. The van der Waals surface area contributed by atoms with Gasteiger partial charge in [-0.25, -0.2) is 0 Å². The number of aryl methyl sites for hydroxylation is 1. The molecule has 2 nitrogen and oxygen atoms in total. The number of rotatable bonds is 4. The zero-order valence-electron chi connectivity index (χ0n) is 11.9. The van der Waals surface area contributed by atoms with Crippen LogP contribution in [0.2, 0.25) is 0 Å². The molecule has 2 heteroatoms. The molecule has 0 amide bonds. The van der Waals surface area contributed by atoms with Crippen molar-refractivity contribution in [3.63, 3.8) is 0 Å². The maximum absolute atomic E-state index is 10.9. The lowest BCUT2D eigenvalue weighted by molar-refractivity contribution is 0.109. The van der Waals surface area contributed by atoms with Crippen molar-refractivity contribution in [2.24, 2.45) is 0 Å². The molecule has 1 aliphatic carbocycles. The molecule has 3 atom stereocenters. The van der Waals surface area contributed by atoms with Crippen LogP contribution in [0.3, 0.4) is 0 Å². The minimum absolute atomic E-state index is 0.177. The smallest absolute Gasteiger partial charge is 0.0692 e. The summed E-state index contributed by atoms with van der Waals surface area (Å²) >= 11 is 0. The highest BCUT2D eigenvalue weighted by Gasteiger charge is 2.34. The zero-order valence-corrected chi connectivity index (χ0v) is 11.9. The van der Waals surface area contributed by atoms with Gasteiger partial charge in [-0.2, -0.15) is 0 Å². The normalized spacial score (nSPS) is 20.4. The minimum Gasteiger partial charge on any atom is -0.392 e. The van der Waals surface area contributed by atoms with E-state index in [2.05, 4.69) is 30.1 Å². The van der Waals surface area contributed by atoms with Crippen LogP contribution in [0.5, 0.6) is 0 Å². The van der Waals surface area contributed by atoms with Crippen molar-refractivity contribution in [2.75, 3.05) is 0 Å². The maximum Gasteiger partial charge on any atom is 0.0692 e. The molecule has 0 spiro atoms. The molecule has 1 heterocycles. The van der Waals surface area contributed by atoms with E-state index in [1.165, 1.54) is 11.1 Å². The Labute approximate surface area is 120 Å². The van der Waals surface area contributed by atoms with Crippen LogP contribution in [0.1, 0.15) is 48.4 Å². The molecular formula is C18H21NO. The van der Waals surface area contributed by atoms with Gasteiger partial charge in [0.15, 0.2) is 0 Å². The second-order valence-electron chi connectivity index (χ2n) is 5.61. The molecule has 2 aromatic rings. The first-order chi connectivity index (χ1) is 9.81. The molecule has 0 saturated carbocycles. The van der Waals surface area contributed by atoms with E-state index in [1.807, 2.05) is 30.5 Å². The molecular weight excluding hydrogens is 246 g/mol. The highest BCUT2D eigenvalue weighted by molar-refractivity contribution is 5.31. The Balaban J connectivity index is 1.87. The second-order valence-corrected chi connectivity index (χ2v) is 5.61. The first kappa shape index (κ1) is 13.3. The Bertz CT molecular complexity index is 565. The number of hydrogen-bond acceptors (Lipinski definition) is 2. The topological polar surface area (TPSA) is 33.1 Å². The fraction of sp³-hybridized carbons (Fsp3) is 0.389. The number of pyridine rings is 1. The molecule has 0 radical (unpaired) electrons. The first-order valence-corrected chi connectivity index (χ1v) is 7.48. The third-order valence-electron chi connectivity index (χ3n) is 4.49. The summed E-state index contributed by atoms with van der Waals surface area (Å²) in [5.74, 6) is 0.366. The van der Waals surface area contributed by atoms with E-state index in [1.54, 1.807) is 0 Å². The Kier molecular flexibility index (Phi) is 3.83. The van der Waals surface area contributed by atoms with Gasteiger partial charge in [0, 0.05) is 23.7 Å². The van der Waals surface area contributed by atoms with Gasteiger partial charge in [-0.15, -0.1) is 0 Å². The largest absolute Gasteiger partial charge is 0.392 e. The quantitative estimate of drug-likeness (QED) is 0.917. The van der Waals surface area contributed by atoms with Gasteiger partial charge in [0.2, 0.25) is 0 Å². The summed E-state index contributed by atoms with van der Waals surface area (Å²) in [7, 11) is 0. The Morgan fingerprint density at radius 1 is 1.20 bits per heavy atom. The van der Waals surface area contributed by atoms with Gasteiger partial charge in [-0.1, -0.05) is 43.3 Å². The summed E-state index contributed by atoms with van der Waals surface area (Å²) in [4.78, 5) is 4.51. The van der Waals surface area contributed by atoms with Gasteiger partial charge in [-0.05, 0) is 36.5 Å². The van der Waals surface area contributed by atoms with Crippen molar-refractivity contribution in [3.8, 4) is 0 Å². The van der Waals surface area contributed by atoms with Crippen LogP contribution in [0, 0.1) is 0 Å². The second kappa shape index (κ2) is 5.76. The molecule has 104 valence electrons. The van der Waals surface area contributed by atoms with Crippen molar-refractivity contribution >= 4 is 0 Å². The number of fused-ring (bicyclic) bond motifs is 1. The van der Waals surface area contributed by atoms with Gasteiger partial charge in [-0.3, -0.25) is 4.98 Å². The minimum atomic E-state index is -0.349. The van der Waals surface area contributed by atoms with E-state index < -0.39 is 0 Å².